The normalized spacial score (nSPS) is 12.2. The number of pyridine rings is 1. The lowest BCUT2D eigenvalue weighted by molar-refractivity contribution is 0.445. The third-order valence-corrected chi connectivity index (χ3v) is 4.51. The number of anilines is 1. The summed E-state index contributed by atoms with van der Waals surface area (Å²) in [5.41, 5.74) is 3.74. The largest absolute Gasteiger partial charge is 0.508 e. The van der Waals surface area contributed by atoms with Crippen LogP contribution in [0.25, 0.3) is 10.9 Å². The van der Waals surface area contributed by atoms with Crippen LogP contribution in [0.1, 0.15) is 22.9 Å². The summed E-state index contributed by atoms with van der Waals surface area (Å²) < 4.78 is 0. The number of aryl methyl sites for hydroxylation is 1. The van der Waals surface area contributed by atoms with Gasteiger partial charge in [0.1, 0.15) is 17.3 Å². The summed E-state index contributed by atoms with van der Waals surface area (Å²) in [6.45, 7) is 2.01. The van der Waals surface area contributed by atoms with Gasteiger partial charge in [0, 0.05) is 40.0 Å². The zero-order valence-corrected chi connectivity index (χ0v) is 14.3. The Morgan fingerprint density at radius 3 is 2.58 bits per heavy atom. The SMILES string of the molecule is Cc1[nH]c2ccccc2c1C(Nc1ccccn1)c1ccc(O)cc1O. The molecule has 0 radical (unpaired) electrons. The fourth-order valence-corrected chi connectivity index (χ4v) is 3.35. The Labute approximate surface area is 151 Å². The van der Waals surface area contributed by atoms with Gasteiger partial charge in [-0.3, -0.25) is 0 Å². The lowest BCUT2D eigenvalue weighted by Gasteiger charge is -2.22. The minimum absolute atomic E-state index is 0.0264. The number of nitrogens with one attached hydrogen (secondary N) is 2. The predicted octanol–water partition coefficient (Wildman–Crippen LogP) is 4.48. The Balaban J connectivity index is 1.91. The minimum Gasteiger partial charge on any atom is -0.508 e. The van der Waals surface area contributed by atoms with E-state index in [9.17, 15) is 10.2 Å². The van der Waals surface area contributed by atoms with Crippen LogP contribution >= 0.6 is 0 Å². The first-order valence-corrected chi connectivity index (χ1v) is 8.40. The molecule has 0 fully saturated rings. The molecule has 0 saturated carbocycles. The van der Waals surface area contributed by atoms with E-state index < -0.39 is 0 Å². The highest BCUT2D eigenvalue weighted by Crippen LogP contribution is 2.38. The van der Waals surface area contributed by atoms with Crippen LogP contribution in [0.2, 0.25) is 0 Å². The van der Waals surface area contributed by atoms with Crippen LogP contribution < -0.4 is 5.32 Å². The van der Waals surface area contributed by atoms with E-state index in [1.54, 1.807) is 18.3 Å². The van der Waals surface area contributed by atoms with E-state index in [-0.39, 0.29) is 17.5 Å². The maximum absolute atomic E-state index is 10.5. The Morgan fingerprint density at radius 1 is 1.00 bits per heavy atom. The van der Waals surface area contributed by atoms with Gasteiger partial charge in [-0.05, 0) is 37.3 Å². The van der Waals surface area contributed by atoms with Crippen LogP contribution in [0.3, 0.4) is 0 Å². The first-order valence-electron chi connectivity index (χ1n) is 8.40. The van der Waals surface area contributed by atoms with Crippen molar-refractivity contribution in [3.05, 3.63) is 83.7 Å². The van der Waals surface area contributed by atoms with Crippen molar-refractivity contribution in [2.24, 2.45) is 0 Å². The number of hydrogen-bond acceptors (Lipinski definition) is 4. The van der Waals surface area contributed by atoms with Gasteiger partial charge < -0.3 is 20.5 Å². The number of H-pyrrole nitrogens is 1. The van der Waals surface area contributed by atoms with Gasteiger partial charge in [0.2, 0.25) is 0 Å². The number of aromatic nitrogens is 2. The first-order chi connectivity index (χ1) is 12.6. The Hall–Kier alpha value is -3.47. The minimum atomic E-state index is -0.332. The molecule has 0 amide bonds. The molecule has 1 unspecified atom stereocenters. The first kappa shape index (κ1) is 16.0. The molecule has 0 aliphatic carbocycles. The van der Waals surface area contributed by atoms with Gasteiger partial charge in [-0.15, -0.1) is 0 Å². The number of nitrogens with zero attached hydrogens (tertiary/aromatic N) is 1. The standard InChI is InChI=1S/C21H19N3O2/c1-13-20(15-6-2-3-7-17(15)23-13)21(24-19-8-4-5-11-22-19)16-10-9-14(25)12-18(16)26/h2-12,21,23,25-26H,1H3,(H,22,24). The molecule has 130 valence electrons. The molecule has 1 atom stereocenters. The van der Waals surface area contributed by atoms with Gasteiger partial charge in [-0.1, -0.05) is 24.3 Å². The van der Waals surface area contributed by atoms with Crippen LogP contribution in [-0.2, 0) is 0 Å². The molecule has 26 heavy (non-hydrogen) atoms. The van der Waals surface area contributed by atoms with E-state index in [0.717, 1.165) is 22.2 Å². The van der Waals surface area contributed by atoms with Crippen LogP contribution in [-0.4, -0.2) is 20.2 Å². The number of para-hydroxylation sites is 1. The topological polar surface area (TPSA) is 81.2 Å². The molecule has 4 rings (SSSR count). The number of aromatic hydroxyl groups is 2. The number of aromatic amines is 1. The van der Waals surface area contributed by atoms with Gasteiger partial charge in [0.15, 0.2) is 0 Å². The molecule has 0 aliphatic rings. The molecule has 5 heteroatoms. The van der Waals surface area contributed by atoms with Gasteiger partial charge in [0.05, 0.1) is 6.04 Å². The predicted molar refractivity (Wildman–Crippen MR) is 103 cm³/mol. The quantitative estimate of drug-likeness (QED) is 0.439. The molecule has 0 bridgehead atoms. The zero-order valence-electron chi connectivity index (χ0n) is 14.3. The highest BCUT2D eigenvalue weighted by atomic mass is 16.3. The third-order valence-electron chi connectivity index (χ3n) is 4.51. The maximum Gasteiger partial charge on any atom is 0.126 e. The summed E-state index contributed by atoms with van der Waals surface area (Å²) in [6.07, 6.45) is 1.72. The summed E-state index contributed by atoms with van der Waals surface area (Å²) in [6, 6.07) is 18.0. The van der Waals surface area contributed by atoms with Crippen molar-refractivity contribution < 1.29 is 10.2 Å². The van der Waals surface area contributed by atoms with Crippen LogP contribution in [0, 0.1) is 6.92 Å². The second-order valence-corrected chi connectivity index (χ2v) is 6.24. The molecule has 0 spiro atoms. The van der Waals surface area contributed by atoms with Gasteiger partial charge >= 0.3 is 0 Å². The number of phenolic OH excluding ortho intramolecular Hbond substituents is 2. The van der Waals surface area contributed by atoms with Crippen molar-refractivity contribution in [2.75, 3.05) is 5.32 Å². The van der Waals surface area contributed by atoms with Gasteiger partial charge in [-0.25, -0.2) is 4.98 Å². The third kappa shape index (κ3) is 2.84. The van der Waals surface area contributed by atoms with Crippen molar-refractivity contribution in [1.29, 1.82) is 0 Å². The van der Waals surface area contributed by atoms with Crippen molar-refractivity contribution in [3.63, 3.8) is 0 Å². The molecular formula is C21H19N3O2. The number of benzene rings is 2. The van der Waals surface area contributed by atoms with E-state index in [1.807, 2.05) is 43.3 Å². The zero-order chi connectivity index (χ0) is 18.1. The van der Waals surface area contributed by atoms with Gasteiger partial charge in [0.25, 0.3) is 0 Å². The summed E-state index contributed by atoms with van der Waals surface area (Å²) >= 11 is 0. The Kier molecular flexibility index (Phi) is 3.97. The molecule has 0 aliphatic heterocycles. The van der Waals surface area contributed by atoms with E-state index in [0.29, 0.717) is 11.4 Å². The molecule has 4 aromatic rings. The Morgan fingerprint density at radius 2 is 1.81 bits per heavy atom. The molecule has 2 aromatic carbocycles. The summed E-state index contributed by atoms with van der Waals surface area (Å²) in [4.78, 5) is 7.76. The molecule has 2 aromatic heterocycles. The lowest BCUT2D eigenvalue weighted by Crippen LogP contribution is -2.14. The van der Waals surface area contributed by atoms with Crippen LogP contribution in [0.5, 0.6) is 11.5 Å². The number of phenols is 2. The van der Waals surface area contributed by atoms with Crippen molar-refractivity contribution in [3.8, 4) is 11.5 Å². The second kappa shape index (κ2) is 6.44. The summed E-state index contributed by atoms with van der Waals surface area (Å²) in [5.74, 6) is 0.760. The molecule has 0 saturated heterocycles. The van der Waals surface area contributed by atoms with E-state index in [4.69, 9.17) is 0 Å². The van der Waals surface area contributed by atoms with Gasteiger partial charge in [-0.2, -0.15) is 0 Å². The molecular weight excluding hydrogens is 326 g/mol. The average Bonchev–Trinajstić information content (AvgIpc) is 2.97. The Bertz CT molecular complexity index is 1060. The monoisotopic (exact) mass is 345 g/mol. The number of hydrogen-bond donors (Lipinski definition) is 4. The van der Waals surface area contributed by atoms with E-state index in [1.165, 1.54) is 6.07 Å². The highest BCUT2D eigenvalue weighted by Gasteiger charge is 2.23. The van der Waals surface area contributed by atoms with Crippen molar-refractivity contribution >= 4 is 16.7 Å². The number of fused-ring (bicyclic) bond motifs is 1. The van der Waals surface area contributed by atoms with Crippen molar-refractivity contribution in [1.82, 2.24) is 9.97 Å². The summed E-state index contributed by atoms with van der Waals surface area (Å²) in [7, 11) is 0. The van der Waals surface area contributed by atoms with Crippen molar-refractivity contribution in [2.45, 2.75) is 13.0 Å². The lowest BCUT2D eigenvalue weighted by atomic mass is 9.95. The smallest absolute Gasteiger partial charge is 0.126 e. The van der Waals surface area contributed by atoms with Crippen LogP contribution in [0.4, 0.5) is 5.82 Å². The van der Waals surface area contributed by atoms with E-state index >= 15 is 0 Å². The number of rotatable bonds is 4. The van der Waals surface area contributed by atoms with Crippen LogP contribution in [0.15, 0.2) is 66.9 Å². The maximum atomic E-state index is 10.5. The van der Waals surface area contributed by atoms with E-state index in [2.05, 4.69) is 21.4 Å². The highest BCUT2D eigenvalue weighted by molar-refractivity contribution is 5.86. The fourth-order valence-electron chi connectivity index (χ4n) is 3.35. The summed E-state index contributed by atoms with van der Waals surface area (Å²) in [5, 5.41) is 24.6. The second-order valence-electron chi connectivity index (χ2n) is 6.24. The molecule has 4 N–H and O–H groups in total. The average molecular weight is 345 g/mol. The fraction of sp³-hybridized carbons (Fsp3) is 0.0952. The molecule has 2 heterocycles. The molecule has 5 nitrogen and oxygen atoms in total.